The lowest BCUT2D eigenvalue weighted by Gasteiger charge is -2.05. The maximum absolute atomic E-state index is 5.04. The van der Waals surface area contributed by atoms with Crippen LogP contribution in [0.1, 0.15) is 18.1 Å². The smallest absolute Gasteiger partial charge is 0.0654 e. The van der Waals surface area contributed by atoms with Crippen molar-refractivity contribution in [1.29, 1.82) is 0 Å². The normalized spacial score (nSPS) is 10.4. The predicted molar refractivity (Wildman–Crippen MR) is 57.3 cm³/mol. The zero-order valence-electron chi connectivity index (χ0n) is 7.93. The molecule has 0 spiro atoms. The van der Waals surface area contributed by atoms with Gasteiger partial charge in [0.2, 0.25) is 0 Å². The standard InChI is InChI=1S/C10H14BrNO/c1-3-13-12-7-9-5-4-8(2)10(11)6-9/h4-6,12H,3,7H2,1-2H3. The second-order valence-corrected chi connectivity index (χ2v) is 3.69. The Morgan fingerprint density at radius 3 is 2.85 bits per heavy atom. The van der Waals surface area contributed by atoms with E-state index < -0.39 is 0 Å². The van der Waals surface area contributed by atoms with E-state index in [9.17, 15) is 0 Å². The second kappa shape index (κ2) is 5.37. The molecule has 0 fully saturated rings. The number of benzene rings is 1. The first-order chi connectivity index (χ1) is 6.24. The SMILES string of the molecule is CCONCc1ccc(C)c(Br)c1. The van der Waals surface area contributed by atoms with Gasteiger partial charge in [0.25, 0.3) is 0 Å². The molecule has 0 aliphatic heterocycles. The Morgan fingerprint density at radius 1 is 1.46 bits per heavy atom. The van der Waals surface area contributed by atoms with Crippen LogP contribution < -0.4 is 5.48 Å². The van der Waals surface area contributed by atoms with E-state index in [4.69, 9.17) is 4.84 Å². The molecule has 0 radical (unpaired) electrons. The summed E-state index contributed by atoms with van der Waals surface area (Å²) in [7, 11) is 0. The van der Waals surface area contributed by atoms with E-state index >= 15 is 0 Å². The molecule has 0 unspecified atom stereocenters. The van der Waals surface area contributed by atoms with E-state index in [1.807, 2.05) is 6.92 Å². The number of rotatable bonds is 4. The van der Waals surface area contributed by atoms with Gasteiger partial charge in [-0.15, -0.1) is 0 Å². The van der Waals surface area contributed by atoms with Crippen LogP contribution in [0, 0.1) is 6.92 Å². The number of aryl methyl sites for hydroxylation is 1. The van der Waals surface area contributed by atoms with Crippen LogP contribution >= 0.6 is 15.9 Å². The highest BCUT2D eigenvalue weighted by molar-refractivity contribution is 9.10. The quantitative estimate of drug-likeness (QED) is 0.649. The van der Waals surface area contributed by atoms with Crippen molar-refractivity contribution in [1.82, 2.24) is 5.48 Å². The summed E-state index contributed by atoms with van der Waals surface area (Å²) in [5.41, 5.74) is 5.34. The third kappa shape index (κ3) is 3.46. The van der Waals surface area contributed by atoms with Crippen molar-refractivity contribution in [3.8, 4) is 0 Å². The fourth-order valence-electron chi connectivity index (χ4n) is 0.983. The van der Waals surface area contributed by atoms with Crippen molar-refractivity contribution < 1.29 is 4.84 Å². The zero-order chi connectivity index (χ0) is 9.68. The van der Waals surface area contributed by atoms with Gasteiger partial charge in [0.05, 0.1) is 6.61 Å². The van der Waals surface area contributed by atoms with Crippen LogP contribution in [0.4, 0.5) is 0 Å². The predicted octanol–water partition coefficient (Wildman–Crippen LogP) is 2.80. The largest absolute Gasteiger partial charge is 0.302 e. The van der Waals surface area contributed by atoms with Crippen molar-refractivity contribution >= 4 is 15.9 Å². The molecule has 1 rings (SSSR count). The van der Waals surface area contributed by atoms with Crippen molar-refractivity contribution in [3.63, 3.8) is 0 Å². The molecule has 72 valence electrons. The molecule has 0 saturated heterocycles. The molecular formula is C10H14BrNO. The van der Waals surface area contributed by atoms with Gasteiger partial charge in [0.15, 0.2) is 0 Å². The Morgan fingerprint density at radius 2 is 2.23 bits per heavy atom. The Balaban J connectivity index is 2.53. The van der Waals surface area contributed by atoms with Crippen LogP contribution in [0.15, 0.2) is 22.7 Å². The lowest BCUT2D eigenvalue weighted by Crippen LogP contribution is -2.13. The van der Waals surface area contributed by atoms with Gasteiger partial charge in [-0.25, -0.2) is 0 Å². The average Bonchev–Trinajstić information content (AvgIpc) is 2.12. The summed E-state index contributed by atoms with van der Waals surface area (Å²) in [5, 5.41) is 0. The van der Waals surface area contributed by atoms with Crippen molar-refractivity contribution in [2.45, 2.75) is 20.4 Å². The van der Waals surface area contributed by atoms with Gasteiger partial charge in [0.1, 0.15) is 0 Å². The summed E-state index contributed by atoms with van der Waals surface area (Å²) in [6.07, 6.45) is 0. The van der Waals surface area contributed by atoms with Gasteiger partial charge in [-0.3, -0.25) is 0 Å². The summed E-state index contributed by atoms with van der Waals surface area (Å²) >= 11 is 3.49. The highest BCUT2D eigenvalue weighted by atomic mass is 79.9. The molecule has 1 aromatic rings. The van der Waals surface area contributed by atoms with Crippen molar-refractivity contribution in [2.24, 2.45) is 0 Å². The van der Waals surface area contributed by atoms with Gasteiger partial charge in [0, 0.05) is 11.0 Å². The highest BCUT2D eigenvalue weighted by Gasteiger charge is 1.96. The minimum Gasteiger partial charge on any atom is -0.302 e. The second-order valence-electron chi connectivity index (χ2n) is 2.84. The van der Waals surface area contributed by atoms with E-state index in [-0.39, 0.29) is 0 Å². The minimum atomic E-state index is 0.688. The number of hydrogen-bond acceptors (Lipinski definition) is 2. The summed E-state index contributed by atoms with van der Waals surface area (Å²) in [4.78, 5) is 5.04. The fraction of sp³-hybridized carbons (Fsp3) is 0.400. The molecule has 0 atom stereocenters. The maximum atomic E-state index is 5.04. The van der Waals surface area contributed by atoms with Gasteiger partial charge < -0.3 is 4.84 Å². The van der Waals surface area contributed by atoms with Crippen LogP contribution in [0.2, 0.25) is 0 Å². The molecular weight excluding hydrogens is 230 g/mol. The molecule has 0 aliphatic rings. The monoisotopic (exact) mass is 243 g/mol. The molecule has 1 N–H and O–H groups in total. The van der Waals surface area contributed by atoms with E-state index in [2.05, 4.69) is 46.5 Å². The summed E-state index contributed by atoms with van der Waals surface area (Å²) in [6, 6.07) is 6.28. The Hall–Kier alpha value is -0.380. The zero-order valence-corrected chi connectivity index (χ0v) is 9.52. The lowest BCUT2D eigenvalue weighted by atomic mass is 10.1. The molecule has 0 saturated carbocycles. The van der Waals surface area contributed by atoms with Crippen LogP contribution in [-0.4, -0.2) is 6.61 Å². The molecule has 0 aromatic heterocycles. The number of nitrogens with one attached hydrogen (secondary N) is 1. The first-order valence-electron chi connectivity index (χ1n) is 4.33. The molecule has 13 heavy (non-hydrogen) atoms. The van der Waals surface area contributed by atoms with Gasteiger partial charge >= 0.3 is 0 Å². The molecule has 3 heteroatoms. The number of halogens is 1. The molecule has 2 nitrogen and oxygen atoms in total. The van der Waals surface area contributed by atoms with E-state index in [0.717, 1.165) is 11.0 Å². The molecule has 0 aliphatic carbocycles. The Labute approximate surface area is 87.4 Å². The van der Waals surface area contributed by atoms with E-state index in [1.165, 1.54) is 11.1 Å². The first-order valence-corrected chi connectivity index (χ1v) is 5.13. The highest BCUT2D eigenvalue weighted by Crippen LogP contribution is 2.17. The fourth-order valence-corrected chi connectivity index (χ4v) is 1.41. The molecule has 1 aromatic carbocycles. The Kier molecular flexibility index (Phi) is 4.42. The first kappa shape index (κ1) is 10.7. The topological polar surface area (TPSA) is 21.3 Å². The maximum Gasteiger partial charge on any atom is 0.0654 e. The third-order valence-electron chi connectivity index (χ3n) is 1.76. The minimum absolute atomic E-state index is 0.688. The molecule has 0 heterocycles. The van der Waals surface area contributed by atoms with Crippen LogP contribution in [0.5, 0.6) is 0 Å². The lowest BCUT2D eigenvalue weighted by molar-refractivity contribution is 0.0463. The van der Waals surface area contributed by atoms with Crippen LogP contribution in [-0.2, 0) is 11.4 Å². The van der Waals surface area contributed by atoms with Gasteiger partial charge in [-0.05, 0) is 31.0 Å². The number of hydrogen-bond donors (Lipinski definition) is 1. The van der Waals surface area contributed by atoms with Crippen LogP contribution in [0.25, 0.3) is 0 Å². The van der Waals surface area contributed by atoms with Gasteiger partial charge in [-0.2, -0.15) is 5.48 Å². The van der Waals surface area contributed by atoms with E-state index in [0.29, 0.717) is 6.61 Å². The summed E-state index contributed by atoms with van der Waals surface area (Å²) < 4.78 is 1.14. The van der Waals surface area contributed by atoms with E-state index in [1.54, 1.807) is 0 Å². The summed E-state index contributed by atoms with van der Waals surface area (Å²) in [5.74, 6) is 0. The van der Waals surface area contributed by atoms with Gasteiger partial charge in [-0.1, -0.05) is 28.1 Å². The third-order valence-corrected chi connectivity index (χ3v) is 2.61. The average molecular weight is 244 g/mol. The molecule has 0 amide bonds. The van der Waals surface area contributed by atoms with Crippen molar-refractivity contribution in [3.05, 3.63) is 33.8 Å². The summed E-state index contributed by atoms with van der Waals surface area (Å²) in [6.45, 7) is 5.46. The van der Waals surface area contributed by atoms with Crippen molar-refractivity contribution in [2.75, 3.05) is 6.61 Å². The van der Waals surface area contributed by atoms with Crippen LogP contribution in [0.3, 0.4) is 0 Å². The molecule has 0 bridgehead atoms. The number of hydroxylamine groups is 1. The Bertz CT molecular complexity index is 276.